The fourth-order valence-electron chi connectivity index (χ4n) is 2.16. The number of carbonyl (C=O) groups excluding carboxylic acids is 1. The lowest BCUT2D eigenvalue weighted by atomic mass is 10.1. The Bertz CT molecular complexity index is 446. The fraction of sp³-hybridized carbons (Fsp3) is 0.400. The number of halogens is 1. The summed E-state index contributed by atoms with van der Waals surface area (Å²) in [5, 5.41) is 5.53. The SMILES string of the molecule is O=C(NC=C1CCCC1)NCCc1ccc(F)cc1. The first kappa shape index (κ1) is 13.6. The summed E-state index contributed by atoms with van der Waals surface area (Å²) in [7, 11) is 0. The van der Waals surface area contributed by atoms with Crippen molar-refractivity contribution >= 4 is 6.03 Å². The molecule has 2 N–H and O–H groups in total. The lowest BCUT2D eigenvalue weighted by Gasteiger charge is -2.05. The molecule has 0 aromatic heterocycles. The average molecular weight is 262 g/mol. The normalized spacial score (nSPS) is 14.3. The van der Waals surface area contributed by atoms with Gasteiger partial charge in [-0.2, -0.15) is 0 Å². The molecule has 0 spiro atoms. The molecular weight excluding hydrogens is 243 g/mol. The van der Waals surface area contributed by atoms with Crippen LogP contribution >= 0.6 is 0 Å². The van der Waals surface area contributed by atoms with Gasteiger partial charge in [-0.3, -0.25) is 0 Å². The van der Waals surface area contributed by atoms with E-state index in [9.17, 15) is 9.18 Å². The smallest absolute Gasteiger partial charge is 0.318 e. The molecule has 0 heterocycles. The molecule has 19 heavy (non-hydrogen) atoms. The third-order valence-corrected chi connectivity index (χ3v) is 3.27. The first-order valence-corrected chi connectivity index (χ1v) is 6.71. The Labute approximate surface area is 112 Å². The lowest BCUT2D eigenvalue weighted by Crippen LogP contribution is -2.33. The summed E-state index contributed by atoms with van der Waals surface area (Å²) >= 11 is 0. The highest BCUT2D eigenvalue weighted by atomic mass is 19.1. The van der Waals surface area contributed by atoms with E-state index >= 15 is 0 Å². The molecule has 0 atom stereocenters. The second-order valence-electron chi connectivity index (χ2n) is 4.79. The second kappa shape index (κ2) is 6.92. The van der Waals surface area contributed by atoms with E-state index in [2.05, 4.69) is 10.6 Å². The summed E-state index contributed by atoms with van der Waals surface area (Å²) in [5.74, 6) is -0.238. The van der Waals surface area contributed by atoms with Gasteiger partial charge in [-0.1, -0.05) is 17.7 Å². The summed E-state index contributed by atoms with van der Waals surface area (Å²) in [5.41, 5.74) is 2.32. The van der Waals surface area contributed by atoms with E-state index in [1.807, 2.05) is 6.20 Å². The Hall–Kier alpha value is -1.84. The van der Waals surface area contributed by atoms with Gasteiger partial charge in [-0.25, -0.2) is 9.18 Å². The van der Waals surface area contributed by atoms with Gasteiger partial charge in [-0.15, -0.1) is 0 Å². The van der Waals surface area contributed by atoms with Crippen LogP contribution in [0.4, 0.5) is 9.18 Å². The standard InChI is InChI=1S/C15H19FN2O/c16-14-7-5-12(6-8-14)9-10-17-15(19)18-11-13-3-1-2-4-13/h5-8,11H,1-4,9-10H2,(H2,17,18,19). The Morgan fingerprint density at radius 3 is 2.58 bits per heavy atom. The van der Waals surface area contributed by atoms with Crippen LogP contribution in [0, 0.1) is 5.82 Å². The van der Waals surface area contributed by atoms with Crippen LogP contribution in [0.1, 0.15) is 31.2 Å². The summed E-state index contributed by atoms with van der Waals surface area (Å²) in [6.07, 6.45) is 7.15. The predicted octanol–water partition coefficient (Wildman–Crippen LogP) is 3.13. The van der Waals surface area contributed by atoms with Gasteiger partial charge in [0, 0.05) is 12.7 Å². The number of hydrogen-bond acceptors (Lipinski definition) is 1. The zero-order valence-corrected chi connectivity index (χ0v) is 10.9. The van der Waals surface area contributed by atoms with Crippen LogP contribution in [-0.2, 0) is 6.42 Å². The number of hydrogen-bond donors (Lipinski definition) is 2. The van der Waals surface area contributed by atoms with Crippen LogP contribution < -0.4 is 10.6 Å². The van der Waals surface area contributed by atoms with Crippen LogP contribution in [0.25, 0.3) is 0 Å². The monoisotopic (exact) mass is 262 g/mol. The molecule has 4 heteroatoms. The fourth-order valence-corrected chi connectivity index (χ4v) is 2.16. The van der Waals surface area contributed by atoms with Crippen molar-refractivity contribution in [2.45, 2.75) is 32.1 Å². The molecule has 1 aliphatic carbocycles. The molecule has 1 aliphatic rings. The van der Waals surface area contributed by atoms with E-state index in [-0.39, 0.29) is 11.8 Å². The summed E-state index contributed by atoms with van der Waals surface area (Å²) in [4.78, 5) is 11.5. The van der Waals surface area contributed by atoms with Crippen molar-refractivity contribution in [1.82, 2.24) is 10.6 Å². The van der Waals surface area contributed by atoms with Gasteiger partial charge in [-0.05, 0) is 49.8 Å². The topological polar surface area (TPSA) is 41.1 Å². The van der Waals surface area contributed by atoms with Crippen LogP contribution in [0.15, 0.2) is 36.0 Å². The maximum absolute atomic E-state index is 12.7. The van der Waals surface area contributed by atoms with Gasteiger partial charge in [0.1, 0.15) is 5.82 Å². The van der Waals surface area contributed by atoms with Crippen molar-refractivity contribution in [2.75, 3.05) is 6.54 Å². The molecule has 1 saturated carbocycles. The van der Waals surface area contributed by atoms with Gasteiger partial charge in [0.05, 0.1) is 0 Å². The van der Waals surface area contributed by atoms with E-state index in [0.29, 0.717) is 13.0 Å². The van der Waals surface area contributed by atoms with Crippen molar-refractivity contribution < 1.29 is 9.18 Å². The highest BCUT2D eigenvalue weighted by Gasteiger charge is 2.06. The van der Waals surface area contributed by atoms with Crippen LogP contribution in [0.2, 0.25) is 0 Å². The molecule has 0 saturated heterocycles. The summed E-state index contributed by atoms with van der Waals surface area (Å²) < 4.78 is 12.7. The zero-order chi connectivity index (χ0) is 13.5. The molecule has 102 valence electrons. The minimum atomic E-state index is -0.238. The molecule has 1 fully saturated rings. The molecule has 0 aliphatic heterocycles. The highest BCUT2D eigenvalue weighted by Crippen LogP contribution is 2.22. The van der Waals surface area contributed by atoms with Crippen molar-refractivity contribution in [3.05, 3.63) is 47.4 Å². The molecule has 3 nitrogen and oxygen atoms in total. The van der Waals surface area contributed by atoms with Crippen molar-refractivity contribution in [2.24, 2.45) is 0 Å². The predicted molar refractivity (Wildman–Crippen MR) is 73.2 cm³/mol. The van der Waals surface area contributed by atoms with E-state index in [0.717, 1.165) is 18.4 Å². The molecule has 0 unspecified atom stereocenters. The third-order valence-electron chi connectivity index (χ3n) is 3.27. The minimum Gasteiger partial charge on any atom is -0.338 e. The van der Waals surface area contributed by atoms with E-state index in [1.165, 1.54) is 30.5 Å². The Morgan fingerprint density at radius 1 is 1.21 bits per heavy atom. The zero-order valence-electron chi connectivity index (χ0n) is 10.9. The lowest BCUT2D eigenvalue weighted by molar-refractivity contribution is 0.244. The van der Waals surface area contributed by atoms with Crippen LogP contribution in [-0.4, -0.2) is 12.6 Å². The Kier molecular flexibility index (Phi) is 4.95. The number of urea groups is 1. The van der Waals surface area contributed by atoms with Crippen molar-refractivity contribution in [3.63, 3.8) is 0 Å². The van der Waals surface area contributed by atoms with Gasteiger partial charge >= 0.3 is 6.03 Å². The molecular formula is C15H19FN2O. The van der Waals surface area contributed by atoms with Gasteiger partial charge in [0.2, 0.25) is 0 Å². The quantitative estimate of drug-likeness (QED) is 0.860. The van der Waals surface area contributed by atoms with Gasteiger partial charge in [0.15, 0.2) is 0 Å². The van der Waals surface area contributed by atoms with Crippen molar-refractivity contribution in [3.8, 4) is 0 Å². The van der Waals surface area contributed by atoms with E-state index < -0.39 is 0 Å². The number of allylic oxidation sites excluding steroid dienone is 1. The average Bonchev–Trinajstić information content (AvgIpc) is 2.92. The minimum absolute atomic E-state index is 0.179. The summed E-state index contributed by atoms with van der Waals surface area (Å²) in [6, 6.07) is 6.14. The van der Waals surface area contributed by atoms with Gasteiger partial charge < -0.3 is 10.6 Å². The molecule has 0 bridgehead atoms. The Morgan fingerprint density at radius 2 is 1.89 bits per heavy atom. The first-order chi connectivity index (χ1) is 9.24. The molecule has 0 radical (unpaired) electrons. The first-order valence-electron chi connectivity index (χ1n) is 6.71. The van der Waals surface area contributed by atoms with Crippen molar-refractivity contribution in [1.29, 1.82) is 0 Å². The number of amides is 2. The number of rotatable bonds is 4. The largest absolute Gasteiger partial charge is 0.338 e. The molecule has 2 amide bonds. The number of benzene rings is 1. The second-order valence-corrected chi connectivity index (χ2v) is 4.79. The summed E-state index contributed by atoms with van der Waals surface area (Å²) in [6.45, 7) is 0.542. The number of nitrogens with one attached hydrogen (secondary N) is 2. The van der Waals surface area contributed by atoms with Crippen LogP contribution in [0.5, 0.6) is 0 Å². The Balaban J connectivity index is 1.66. The van der Waals surface area contributed by atoms with Gasteiger partial charge in [0.25, 0.3) is 0 Å². The molecule has 1 aromatic rings. The molecule has 1 aromatic carbocycles. The maximum atomic E-state index is 12.7. The van der Waals surface area contributed by atoms with E-state index in [1.54, 1.807) is 12.1 Å². The maximum Gasteiger partial charge on any atom is 0.318 e. The van der Waals surface area contributed by atoms with E-state index in [4.69, 9.17) is 0 Å². The van der Waals surface area contributed by atoms with Crippen LogP contribution in [0.3, 0.4) is 0 Å². The molecule has 2 rings (SSSR count). The highest BCUT2D eigenvalue weighted by molar-refractivity contribution is 5.74. The number of carbonyl (C=O) groups is 1. The third kappa shape index (κ3) is 4.73.